The molecular formula is C15H23N3O4. The Balaban J connectivity index is 2.17. The number of hydrogen-bond donors (Lipinski definition) is 0. The fourth-order valence-electron chi connectivity index (χ4n) is 2.36. The first kappa shape index (κ1) is 16.3. The van der Waals surface area contributed by atoms with Crippen molar-refractivity contribution in [1.29, 1.82) is 0 Å². The molecule has 0 spiro atoms. The number of carbonyl (C=O) groups is 2. The van der Waals surface area contributed by atoms with Gasteiger partial charge in [0.15, 0.2) is 5.69 Å². The zero-order chi connectivity index (χ0) is 16.5. The third-order valence-electron chi connectivity index (χ3n) is 3.34. The zero-order valence-electron chi connectivity index (χ0n) is 13.8. The van der Waals surface area contributed by atoms with Crippen LogP contribution in [0.3, 0.4) is 0 Å². The van der Waals surface area contributed by atoms with Crippen LogP contribution in [0.5, 0.6) is 0 Å². The summed E-state index contributed by atoms with van der Waals surface area (Å²) in [5, 5.41) is 0. The Bertz CT molecular complexity index is 574. The lowest BCUT2D eigenvalue weighted by molar-refractivity contribution is 0.0121. The van der Waals surface area contributed by atoms with Gasteiger partial charge in [0, 0.05) is 19.3 Å². The van der Waals surface area contributed by atoms with Crippen molar-refractivity contribution in [2.24, 2.45) is 0 Å². The number of nitrogens with zero attached hydrogens (tertiary/aromatic N) is 3. The fraction of sp³-hybridized carbons (Fsp3) is 0.667. The number of aromatic nitrogens is 2. The maximum atomic E-state index is 12.3. The van der Waals surface area contributed by atoms with E-state index in [1.165, 1.54) is 0 Å². The summed E-state index contributed by atoms with van der Waals surface area (Å²) in [5.74, 6) is 0.223. The van der Waals surface area contributed by atoms with Crippen LogP contribution in [0.25, 0.3) is 0 Å². The number of hydrogen-bond acceptors (Lipinski definition) is 5. The molecule has 1 aromatic rings. The molecule has 2 rings (SSSR count). The number of ether oxygens (including phenoxy) is 2. The monoisotopic (exact) mass is 309 g/mol. The van der Waals surface area contributed by atoms with Gasteiger partial charge in [-0.1, -0.05) is 0 Å². The predicted octanol–water partition coefficient (Wildman–Crippen LogP) is 2.37. The maximum Gasteiger partial charge on any atom is 0.410 e. The summed E-state index contributed by atoms with van der Waals surface area (Å²) >= 11 is 0. The standard InChI is InChI=1S/C15H23N3O4/c1-6-21-13(19)11-9-17-7-8-18(10(2)12(17)16-11)14(20)22-15(3,4)5/h9-10H,6-8H2,1-5H3/t10-/m0/s1. The molecule has 0 fully saturated rings. The summed E-state index contributed by atoms with van der Waals surface area (Å²) in [7, 11) is 0. The van der Waals surface area contributed by atoms with Crippen molar-refractivity contribution in [3.63, 3.8) is 0 Å². The molecule has 122 valence electrons. The van der Waals surface area contributed by atoms with Crippen molar-refractivity contribution in [1.82, 2.24) is 14.5 Å². The summed E-state index contributed by atoms with van der Waals surface area (Å²) in [6, 6.07) is -0.258. The Kier molecular flexibility index (Phi) is 4.44. The highest BCUT2D eigenvalue weighted by Crippen LogP contribution is 2.26. The third kappa shape index (κ3) is 3.40. The van der Waals surface area contributed by atoms with E-state index in [4.69, 9.17) is 9.47 Å². The molecule has 0 aromatic carbocycles. The van der Waals surface area contributed by atoms with E-state index in [1.54, 1.807) is 18.0 Å². The Morgan fingerprint density at radius 1 is 1.36 bits per heavy atom. The summed E-state index contributed by atoms with van der Waals surface area (Å²) in [6.07, 6.45) is 1.31. The van der Waals surface area contributed by atoms with Gasteiger partial charge in [-0.05, 0) is 34.6 Å². The lowest BCUT2D eigenvalue weighted by Crippen LogP contribution is -2.43. The zero-order valence-corrected chi connectivity index (χ0v) is 13.8. The van der Waals surface area contributed by atoms with Crippen LogP contribution in [0, 0.1) is 0 Å². The lowest BCUT2D eigenvalue weighted by atomic mass is 10.2. The molecule has 0 aliphatic carbocycles. The van der Waals surface area contributed by atoms with Crippen LogP contribution in [0.15, 0.2) is 6.20 Å². The van der Waals surface area contributed by atoms with Gasteiger partial charge in [-0.3, -0.25) is 4.90 Å². The van der Waals surface area contributed by atoms with Crippen LogP contribution in [-0.4, -0.2) is 45.3 Å². The molecule has 1 aromatic heterocycles. The Labute approximate surface area is 130 Å². The lowest BCUT2D eigenvalue weighted by Gasteiger charge is -2.34. The normalized spacial score (nSPS) is 17.9. The molecule has 0 radical (unpaired) electrons. The highest BCUT2D eigenvalue weighted by Gasteiger charge is 2.33. The molecule has 1 atom stereocenters. The highest BCUT2D eigenvalue weighted by atomic mass is 16.6. The molecule has 0 bridgehead atoms. The minimum atomic E-state index is -0.542. The summed E-state index contributed by atoms with van der Waals surface area (Å²) in [6.45, 7) is 10.5. The van der Waals surface area contributed by atoms with E-state index in [9.17, 15) is 9.59 Å². The minimum absolute atomic E-state index is 0.258. The van der Waals surface area contributed by atoms with Gasteiger partial charge >= 0.3 is 12.1 Å². The first-order valence-corrected chi connectivity index (χ1v) is 7.46. The van der Waals surface area contributed by atoms with Gasteiger partial charge in [0.25, 0.3) is 0 Å². The van der Waals surface area contributed by atoms with Gasteiger partial charge in [0.2, 0.25) is 0 Å². The first-order chi connectivity index (χ1) is 10.2. The van der Waals surface area contributed by atoms with Crippen LogP contribution in [0.2, 0.25) is 0 Å². The van der Waals surface area contributed by atoms with Crippen molar-refractivity contribution in [3.8, 4) is 0 Å². The fourth-order valence-corrected chi connectivity index (χ4v) is 2.36. The van der Waals surface area contributed by atoms with E-state index in [1.807, 2.05) is 32.3 Å². The number of imidazole rings is 1. The molecule has 22 heavy (non-hydrogen) atoms. The van der Waals surface area contributed by atoms with E-state index in [0.29, 0.717) is 25.5 Å². The van der Waals surface area contributed by atoms with E-state index in [-0.39, 0.29) is 17.8 Å². The second-order valence-electron chi connectivity index (χ2n) is 6.25. The number of esters is 1. The molecule has 7 heteroatoms. The maximum absolute atomic E-state index is 12.3. The van der Waals surface area contributed by atoms with Crippen molar-refractivity contribution in [2.45, 2.75) is 52.8 Å². The van der Waals surface area contributed by atoms with Crippen molar-refractivity contribution >= 4 is 12.1 Å². The molecule has 0 saturated carbocycles. The van der Waals surface area contributed by atoms with Crippen LogP contribution in [0.4, 0.5) is 4.79 Å². The molecule has 0 saturated heterocycles. The average molecular weight is 309 g/mol. The average Bonchev–Trinajstić information content (AvgIpc) is 2.82. The van der Waals surface area contributed by atoms with Crippen LogP contribution in [0.1, 0.15) is 57.0 Å². The molecule has 1 amide bonds. The number of carbonyl (C=O) groups excluding carboxylic acids is 2. The first-order valence-electron chi connectivity index (χ1n) is 7.46. The summed E-state index contributed by atoms with van der Waals surface area (Å²) in [4.78, 5) is 30.0. The highest BCUT2D eigenvalue weighted by molar-refractivity contribution is 5.87. The number of rotatable bonds is 2. The van der Waals surface area contributed by atoms with E-state index < -0.39 is 11.6 Å². The van der Waals surface area contributed by atoms with Crippen LogP contribution >= 0.6 is 0 Å². The molecule has 1 aliphatic heterocycles. The Morgan fingerprint density at radius 3 is 2.64 bits per heavy atom. The largest absolute Gasteiger partial charge is 0.461 e. The molecular weight excluding hydrogens is 286 g/mol. The molecule has 7 nitrogen and oxygen atoms in total. The van der Waals surface area contributed by atoms with Crippen molar-refractivity contribution < 1.29 is 19.1 Å². The molecule has 2 heterocycles. The van der Waals surface area contributed by atoms with Gasteiger partial charge in [0.05, 0.1) is 12.6 Å². The summed E-state index contributed by atoms with van der Waals surface area (Å²) in [5.41, 5.74) is -0.269. The molecule has 0 N–H and O–H groups in total. The second-order valence-corrected chi connectivity index (χ2v) is 6.25. The minimum Gasteiger partial charge on any atom is -0.461 e. The van der Waals surface area contributed by atoms with E-state index in [0.717, 1.165) is 0 Å². The van der Waals surface area contributed by atoms with Gasteiger partial charge in [-0.15, -0.1) is 0 Å². The topological polar surface area (TPSA) is 73.7 Å². The van der Waals surface area contributed by atoms with E-state index in [2.05, 4.69) is 4.98 Å². The van der Waals surface area contributed by atoms with Crippen molar-refractivity contribution in [2.75, 3.05) is 13.2 Å². The van der Waals surface area contributed by atoms with E-state index >= 15 is 0 Å². The van der Waals surface area contributed by atoms with Gasteiger partial charge in [-0.2, -0.15) is 0 Å². The summed E-state index contributed by atoms with van der Waals surface area (Å²) < 4.78 is 12.3. The van der Waals surface area contributed by atoms with Crippen LogP contribution < -0.4 is 0 Å². The molecule has 0 unspecified atom stereocenters. The predicted molar refractivity (Wildman–Crippen MR) is 79.5 cm³/mol. The van der Waals surface area contributed by atoms with Crippen molar-refractivity contribution in [3.05, 3.63) is 17.7 Å². The van der Waals surface area contributed by atoms with Gasteiger partial charge in [0.1, 0.15) is 11.4 Å². The number of amides is 1. The molecule has 1 aliphatic rings. The van der Waals surface area contributed by atoms with Gasteiger partial charge in [-0.25, -0.2) is 14.6 Å². The third-order valence-corrected chi connectivity index (χ3v) is 3.34. The number of fused-ring (bicyclic) bond motifs is 1. The smallest absolute Gasteiger partial charge is 0.410 e. The SMILES string of the molecule is CCOC(=O)c1cn2c(n1)[C@H](C)N(C(=O)OC(C)(C)C)CC2. The van der Waals surface area contributed by atoms with Crippen LogP contribution in [-0.2, 0) is 16.0 Å². The Morgan fingerprint density at radius 2 is 2.05 bits per heavy atom. The quantitative estimate of drug-likeness (QED) is 0.784. The van der Waals surface area contributed by atoms with Gasteiger partial charge < -0.3 is 14.0 Å². The second kappa shape index (κ2) is 5.98. The Hall–Kier alpha value is -2.05.